The number of alkyl halides is 1. The Morgan fingerprint density at radius 1 is 0.976 bits per heavy atom. The third-order valence-corrected chi connectivity index (χ3v) is 6.27. The predicted octanol–water partition coefficient (Wildman–Crippen LogP) is 2.98. The molecule has 11 nitrogen and oxygen atoms in total. The smallest absolute Gasteiger partial charge is 0.328 e. The Bertz CT molecular complexity index is 950. The molecule has 5 N–H and O–H groups in total. The molecule has 0 saturated heterocycles. The first kappa shape index (κ1) is 38.3. The van der Waals surface area contributed by atoms with Crippen LogP contribution in [0.4, 0.5) is 9.18 Å². The van der Waals surface area contributed by atoms with E-state index in [2.05, 4.69) is 33.2 Å². The van der Waals surface area contributed by atoms with Crippen LogP contribution in [0.3, 0.4) is 0 Å². The van der Waals surface area contributed by atoms with Gasteiger partial charge in [0.25, 0.3) is 0 Å². The molecule has 0 aromatic heterocycles. The summed E-state index contributed by atoms with van der Waals surface area (Å²) in [7, 11) is 1.21. The molecule has 0 saturated carbocycles. The molecular weight excluding hydrogens is 545 g/mol. The highest BCUT2D eigenvalue weighted by atomic mass is 19.1. The molecule has 0 aliphatic carbocycles. The van der Waals surface area contributed by atoms with Crippen molar-refractivity contribution in [2.45, 2.75) is 97.4 Å². The standard InChI is InChI=1S/C30H50FN5O6/c1-8-10-12-15-23(21(5)31)18-24(9-2)34-28(39)25(16-13-11-14-17-32-22(6)37)35-26(38)19-33-30(41)36-27(20(3)4)29(40)42-7/h9-10,12,15,20-21,24-25,27H,2,8,11,13-14,16-19H2,1,3-7H3,(H,32,37)(H,34,39)(H,35,38)(H2,33,36,41)/b12-10-,23-15-/t21?,24-,25+,27?/m1/s1. The van der Waals surface area contributed by atoms with Gasteiger partial charge in [0.15, 0.2) is 0 Å². The lowest BCUT2D eigenvalue weighted by Gasteiger charge is -2.23. The van der Waals surface area contributed by atoms with Crippen LogP contribution < -0.4 is 26.6 Å². The minimum absolute atomic E-state index is 0.126. The molecule has 4 atom stereocenters. The van der Waals surface area contributed by atoms with Crippen LogP contribution in [0, 0.1) is 5.92 Å². The molecular formula is C30H50FN5O6. The second kappa shape index (κ2) is 22.0. The van der Waals surface area contributed by atoms with Crippen molar-refractivity contribution in [2.24, 2.45) is 5.92 Å². The number of unbranched alkanes of at least 4 members (excludes halogenated alkanes) is 2. The van der Waals surface area contributed by atoms with Gasteiger partial charge in [-0.1, -0.05) is 57.9 Å². The summed E-state index contributed by atoms with van der Waals surface area (Å²) in [6, 6.07) is -3.14. The molecule has 0 rings (SSSR count). The number of hydrogen-bond donors (Lipinski definition) is 5. The maximum Gasteiger partial charge on any atom is 0.328 e. The summed E-state index contributed by atoms with van der Waals surface area (Å²) in [5.41, 5.74) is 0.491. The summed E-state index contributed by atoms with van der Waals surface area (Å²) >= 11 is 0. The zero-order chi connectivity index (χ0) is 32.1. The van der Waals surface area contributed by atoms with E-state index in [4.69, 9.17) is 4.74 Å². The number of halogens is 1. The first-order chi connectivity index (χ1) is 19.9. The minimum atomic E-state index is -1.23. The third kappa shape index (κ3) is 17.2. The van der Waals surface area contributed by atoms with E-state index in [0.717, 1.165) is 6.42 Å². The van der Waals surface area contributed by atoms with Gasteiger partial charge in [-0.3, -0.25) is 14.4 Å². The molecule has 238 valence electrons. The molecule has 0 radical (unpaired) electrons. The van der Waals surface area contributed by atoms with Crippen molar-refractivity contribution in [3.63, 3.8) is 0 Å². The van der Waals surface area contributed by atoms with Crippen molar-refractivity contribution < 1.29 is 33.1 Å². The number of hydrogen-bond acceptors (Lipinski definition) is 6. The summed E-state index contributed by atoms with van der Waals surface area (Å²) in [5, 5.41) is 13.0. The first-order valence-corrected chi connectivity index (χ1v) is 14.4. The first-order valence-electron chi connectivity index (χ1n) is 14.4. The monoisotopic (exact) mass is 595 g/mol. The molecule has 0 bridgehead atoms. The van der Waals surface area contributed by atoms with Gasteiger partial charge in [0.1, 0.15) is 18.3 Å². The van der Waals surface area contributed by atoms with Crippen LogP contribution in [-0.2, 0) is 23.9 Å². The molecule has 42 heavy (non-hydrogen) atoms. The average molecular weight is 596 g/mol. The summed E-state index contributed by atoms with van der Waals surface area (Å²) in [6.07, 6.45) is 8.93. The fourth-order valence-corrected chi connectivity index (χ4v) is 3.83. The van der Waals surface area contributed by atoms with Crippen molar-refractivity contribution in [3.05, 3.63) is 36.5 Å². The molecule has 12 heteroatoms. The lowest BCUT2D eigenvalue weighted by Crippen LogP contribution is -2.53. The van der Waals surface area contributed by atoms with E-state index in [-0.39, 0.29) is 18.2 Å². The van der Waals surface area contributed by atoms with Crippen LogP contribution in [0.25, 0.3) is 0 Å². The topological polar surface area (TPSA) is 155 Å². The number of allylic oxidation sites excluding steroid dienone is 3. The van der Waals surface area contributed by atoms with Crippen molar-refractivity contribution in [1.29, 1.82) is 0 Å². The summed E-state index contributed by atoms with van der Waals surface area (Å²) in [6.45, 7) is 12.1. The zero-order valence-corrected chi connectivity index (χ0v) is 25.9. The highest BCUT2D eigenvalue weighted by molar-refractivity contribution is 5.90. The van der Waals surface area contributed by atoms with Gasteiger partial charge in [-0.15, -0.1) is 6.58 Å². The maximum absolute atomic E-state index is 14.2. The molecule has 0 aliphatic heterocycles. The quantitative estimate of drug-likeness (QED) is 0.0631. The Balaban J connectivity index is 5.37. The zero-order valence-electron chi connectivity index (χ0n) is 25.9. The maximum atomic E-state index is 14.2. The number of carbonyl (C=O) groups is 5. The molecule has 0 aromatic rings. The van der Waals surface area contributed by atoms with E-state index in [1.165, 1.54) is 27.0 Å². The van der Waals surface area contributed by atoms with Gasteiger partial charge in [-0.2, -0.15) is 0 Å². The lowest BCUT2D eigenvalue weighted by molar-refractivity contribution is -0.144. The van der Waals surface area contributed by atoms with E-state index in [1.807, 2.05) is 13.0 Å². The van der Waals surface area contributed by atoms with Gasteiger partial charge < -0.3 is 31.3 Å². The van der Waals surface area contributed by atoms with Gasteiger partial charge in [0.05, 0.1) is 19.7 Å². The molecule has 0 heterocycles. The summed E-state index contributed by atoms with van der Waals surface area (Å²) < 4.78 is 18.9. The molecule has 0 fully saturated rings. The number of urea groups is 1. The Hall–Kier alpha value is -3.70. The van der Waals surface area contributed by atoms with E-state index in [9.17, 15) is 28.4 Å². The Labute approximate surface area is 249 Å². The van der Waals surface area contributed by atoms with Crippen LogP contribution in [0.1, 0.15) is 73.1 Å². The Kier molecular flexibility index (Phi) is 20.0. The summed E-state index contributed by atoms with van der Waals surface area (Å²) in [5.74, 6) is -2.07. The van der Waals surface area contributed by atoms with Crippen LogP contribution in [0.15, 0.2) is 36.5 Å². The van der Waals surface area contributed by atoms with Gasteiger partial charge in [-0.05, 0) is 44.1 Å². The molecule has 2 unspecified atom stereocenters. The average Bonchev–Trinajstić information content (AvgIpc) is 2.93. The second-order valence-corrected chi connectivity index (χ2v) is 10.3. The fourth-order valence-electron chi connectivity index (χ4n) is 3.83. The number of rotatable bonds is 20. The predicted molar refractivity (Wildman–Crippen MR) is 161 cm³/mol. The van der Waals surface area contributed by atoms with E-state index in [0.29, 0.717) is 37.8 Å². The molecule has 5 amide bonds. The van der Waals surface area contributed by atoms with Gasteiger partial charge in [0.2, 0.25) is 17.7 Å². The number of carbonyl (C=O) groups excluding carboxylic acids is 5. The highest BCUT2D eigenvalue weighted by Gasteiger charge is 2.26. The molecule has 0 spiro atoms. The largest absolute Gasteiger partial charge is 0.467 e. The number of nitrogens with one attached hydrogen (secondary N) is 5. The minimum Gasteiger partial charge on any atom is -0.467 e. The number of amides is 5. The third-order valence-electron chi connectivity index (χ3n) is 6.27. The highest BCUT2D eigenvalue weighted by Crippen LogP contribution is 2.15. The van der Waals surface area contributed by atoms with Crippen LogP contribution in [0.2, 0.25) is 0 Å². The van der Waals surface area contributed by atoms with Crippen LogP contribution in [0.5, 0.6) is 0 Å². The van der Waals surface area contributed by atoms with Crippen molar-refractivity contribution in [1.82, 2.24) is 26.6 Å². The van der Waals surface area contributed by atoms with E-state index in [1.54, 1.807) is 26.0 Å². The van der Waals surface area contributed by atoms with Gasteiger partial charge in [-0.25, -0.2) is 14.0 Å². The van der Waals surface area contributed by atoms with Crippen LogP contribution >= 0.6 is 0 Å². The van der Waals surface area contributed by atoms with E-state index < -0.39 is 54.7 Å². The normalized spacial score (nSPS) is 14.3. The van der Waals surface area contributed by atoms with Crippen molar-refractivity contribution in [2.75, 3.05) is 20.2 Å². The number of esters is 1. The molecule has 0 aliphatic rings. The van der Waals surface area contributed by atoms with Gasteiger partial charge >= 0.3 is 12.0 Å². The fraction of sp³-hybridized carbons (Fsp3) is 0.633. The SMILES string of the molecule is C=C[C@H](C/C(=C/C=C\CC)C(C)F)NC(=O)[C@H](CCCCCNC(C)=O)NC(=O)CNC(=O)NC(C(=O)OC)C(C)C. The Morgan fingerprint density at radius 3 is 2.21 bits per heavy atom. The lowest BCUT2D eigenvalue weighted by atomic mass is 10.0. The number of ether oxygens (including phenoxy) is 1. The second-order valence-electron chi connectivity index (χ2n) is 10.3. The van der Waals surface area contributed by atoms with Crippen molar-refractivity contribution >= 4 is 29.7 Å². The molecule has 0 aromatic carbocycles. The van der Waals surface area contributed by atoms with E-state index >= 15 is 0 Å². The van der Waals surface area contributed by atoms with Crippen molar-refractivity contribution in [3.8, 4) is 0 Å². The summed E-state index contributed by atoms with van der Waals surface area (Å²) in [4.78, 5) is 61.2. The Morgan fingerprint density at radius 2 is 1.67 bits per heavy atom. The van der Waals surface area contributed by atoms with Gasteiger partial charge in [0, 0.05) is 13.5 Å². The van der Waals surface area contributed by atoms with Crippen LogP contribution in [-0.4, -0.2) is 74.2 Å². The number of methoxy groups -OCH3 is 1.